The topological polar surface area (TPSA) is 95.9 Å². The molecule has 176 valence electrons. The third-order valence-electron chi connectivity index (χ3n) is 6.49. The Hall–Kier alpha value is -4.39. The number of amides is 2. The van der Waals surface area contributed by atoms with Gasteiger partial charge < -0.3 is 14.7 Å². The first kappa shape index (κ1) is 22.4. The second kappa shape index (κ2) is 9.46. The zero-order valence-electron chi connectivity index (χ0n) is 18.9. The lowest BCUT2D eigenvalue weighted by molar-refractivity contribution is -0.133. The van der Waals surface area contributed by atoms with Crippen molar-refractivity contribution >= 4 is 23.7 Å². The van der Waals surface area contributed by atoms with Crippen molar-refractivity contribution < 1.29 is 24.2 Å². The SMILES string of the molecule is O=C(Nc1ccc(C(=O)N2CC=C(C(=O)O)CC2)cc1)OCC1c2ccccc2-c2ccccc21. The fourth-order valence-electron chi connectivity index (χ4n) is 4.68. The van der Waals surface area contributed by atoms with E-state index in [4.69, 9.17) is 9.84 Å². The smallest absolute Gasteiger partial charge is 0.411 e. The Morgan fingerprint density at radius 1 is 0.914 bits per heavy atom. The Labute approximate surface area is 202 Å². The van der Waals surface area contributed by atoms with Crippen LogP contribution < -0.4 is 5.32 Å². The van der Waals surface area contributed by atoms with Crippen molar-refractivity contribution in [2.75, 3.05) is 25.0 Å². The maximum absolute atomic E-state index is 12.7. The summed E-state index contributed by atoms with van der Waals surface area (Å²) >= 11 is 0. The summed E-state index contributed by atoms with van der Waals surface area (Å²) < 4.78 is 5.57. The molecule has 1 aliphatic carbocycles. The number of carbonyl (C=O) groups excluding carboxylic acids is 2. The Bertz CT molecular complexity index is 1280. The molecular weight excluding hydrogens is 444 g/mol. The predicted octanol–water partition coefficient (Wildman–Crippen LogP) is 4.90. The van der Waals surface area contributed by atoms with Crippen LogP contribution in [0.3, 0.4) is 0 Å². The highest BCUT2D eigenvalue weighted by molar-refractivity contribution is 5.96. The van der Waals surface area contributed by atoms with E-state index >= 15 is 0 Å². The Balaban J connectivity index is 1.19. The van der Waals surface area contributed by atoms with Crippen molar-refractivity contribution in [3.63, 3.8) is 0 Å². The number of ether oxygens (including phenoxy) is 1. The van der Waals surface area contributed by atoms with Gasteiger partial charge in [0.2, 0.25) is 0 Å². The van der Waals surface area contributed by atoms with Crippen LogP contribution in [0.1, 0.15) is 33.8 Å². The highest BCUT2D eigenvalue weighted by Crippen LogP contribution is 2.44. The molecule has 0 unspecified atom stereocenters. The van der Waals surface area contributed by atoms with E-state index in [0.29, 0.717) is 29.8 Å². The summed E-state index contributed by atoms with van der Waals surface area (Å²) in [5.41, 5.74) is 5.94. The third-order valence-corrected chi connectivity index (χ3v) is 6.49. The summed E-state index contributed by atoms with van der Waals surface area (Å²) in [7, 11) is 0. The first-order chi connectivity index (χ1) is 17.0. The normalized spacial score (nSPS) is 14.5. The van der Waals surface area contributed by atoms with E-state index in [1.807, 2.05) is 24.3 Å². The second-order valence-electron chi connectivity index (χ2n) is 8.56. The van der Waals surface area contributed by atoms with Gasteiger partial charge in [-0.2, -0.15) is 0 Å². The third kappa shape index (κ3) is 4.53. The van der Waals surface area contributed by atoms with Gasteiger partial charge in [0.1, 0.15) is 6.61 Å². The summed E-state index contributed by atoms with van der Waals surface area (Å²) in [4.78, 5) is 37.8. The average molecular weight is 469 g/mol. The number of carboxylic acid groups (broad SMARTS) is 1. The molecule has 5 rings (SSSR count). The van der Waals surface area contributed by atoms with E-state index in [2.05, 4.69) is 29.6 Å². The highest BCUT2D eigenvalue weighted by Gasteiger charge is 2.29. The van der Waals surface area contributed by atoms with Gasteiger partial charge >= 0.3 is 12.1 Å². The first-order valence-electron chi connectivity index (χ1n) is 11.4. The number of fused-ring (bicyclic) bond motifs is 3. The Morgan fingerprint density at radius 2 is 1.54 bits per heavy atom. The van der Waals surface area contributed by atoms with Crippen molar-refractivity contribution in [1.82, 2.24) is 4.90 Å². The molecule has 35 heavy (non-hydrogen) atoms. The standard InChI is InChI=1S/C28H24N2O5/c31-26(30-15-13-19(14-16-30)27(32)33)18-9-11-20(12-10-18)29-28(34)35-17-25-23-7-3-1-5-21(23)22-6-2-4-8-24(22)25/h1-13,25H,14-17H2,(H,29,34)(H,32,33). The molecule has 0 saturated heterocycles. The van der Waals surface area contributed by atoms with Gasteiger partial charge in [0.05, 0.1) is 0 Å². The zero-order valence-corrected chi connectivity index (χ0v) is 18.9. The average Bonchev–Trinajstić information content (AvgIpc) is 3.21. The van der Waals surface area contributed by atoms with E-state index in [1.165, 1.54) is 11.1 Å². The summed E-state index contributed by atoms with van der Waals surface area (Å²) in [5, 5.41) is 11.8. The molecule has 1 heterocycles. The molecule has 2 N–H and O–H groups in total. The molecule has 0 radical (unpaired) electrons. The van der Waals surface area contributed by atoms with Crippen LogP contribution in [0.25, 0.3) is 11.1 Å². The van der Waals surface area contributed by atoms with Crippen LogP contribution in [0.2, 0.25) is 0 Å². The van der Waals surface area contributed by atoms with Crippen molar-refractivity contribution in [2.45, 2.75) is 12.3 Å². The first-order valence-corrected chi connectivity index (χ1v) is 11.4. The number of carbonyl (C=O) groups is 3. The van der Waals surface area contributed by atoms with Crippen molar-refractivity contribution in [3.8, 4) is 11.1 Å². The molecule has 0 atom stereocenters. The minimum atomic E-state index is -0.944. The molecule has 0 fully saturated rings. The summed E-state index contributed by atoms with van der Waals surface area (Å²) in [6.45, 7) is 0.841. The van der Waals surface area contributed by atoms with Crippen LogP contribution in [0.15, 0.2) is 84.4 Å². The number of nitrogens with one attached hydrogen (secondary N) is 1. The van der Waals surface area contributed by atoms with E-state index in [0.717, 1.165) is 11.1 Å². The van der Waals surface area contributed by atoms with E-state index in [-0.39, 0.29) is 25.0 Å². The summed E-state index contributed by atoms with van der Waals surface area (Å²) in [5.74, 6) is -1.15. The molecule has 7 heteroatoms. The van der Waals surface area contributed by atoms with Crippen molar-refractivity contribution in [2.24, 2.45) is 0 Å². The number of aliphatic carboxylic acids is 1. The molecule has 0 spiro atoms. The number of anilines is 1. The minimum Gasteiger partial charge on any atom is -0.478 e. The highest BCUT2D eigenvalue weighted by atomic mass is 16.5. The van der Waals surface area contributed by atoms with E-state index in [9.17, 15) is 14.4 Å². The van der Waals surface area contributed by atoms with Crippen LogP contribution >= 0.6 is 0 Å². The van der Waals surface area contributed by atoms with Crippen molar-refractivity contribution in [3.05, 3.63) is 101 Å². The molecule has 1 aliphatic heterocycles. The fourth-order valence-corrected chi connectivity index (χ4v) is 4.68. The molecule has 2 aliphatic rings. The van der Waals surface area contributed by atoms with Gasteiger partial charge in [-0.25, -0.2) is 9.59 Å². The van der Waals surface area contributed by atoms with Gasteiger partial charge in [0.15, 0.2) is 0 Å². The number of benzene rings is 3. The van der Waals surface area contributed by atoms with Crippen LogP contribution in [-0.4, -0.2) is 47.7 Å². The summed E-state index contributed by atoms with van der Waals surface area (Å²) in [6, 6.07) is 22.9. The van der Waals surface area contributed by atoms with E-state index < -0.39 is 12.1 Å². The number of nitrogens with zero attached hydrogens (tertiary/aromatic N) is 1. The molecule has 0 aromatic heterocycles. The lowest BCUT2D eigenvalue weighted by atomic mass is 9.98. The maximum Gasteiger partial charge on any atom is 0.411 e. The fraction of sp³-hybridized carbons (Fsp3) is 0.179. The number of hydrogen-bond donors (Lipinski definition) is 2. The van der Waals surface area contributed by atoms with Gasteiger partial charge in [-0.15, -0.1) is 0 Å². The monoisotopic (exact) mass is 468 g/mol. The molecule has 2 amide bonds. The quantitative estimate of drug-likeness (QED) is 0.555. The predicted molar refractivity (Wildman–Crippen MR) is 131 cm³/mol. The molecule has 0 saturated carbocycles. The Morgan fingerprint density at radius 3 is 2.11 bits per heavy atom. The van der Waals surface area contributed by atoms with Crippen molar-refractivity contribution in [1.29, 1.82) is 0 Å². The van der Waals surface area contributed by atoms with Gasteiger partial charge in [-0.05, 0) is 52.9 Å². The van der Waals surface area contributed by atoms with Crippen LogP contribution in [0, 0.1) is 0 Å². The lowest BCUT2D eigenvalue weighted by Crippen LogP contribution is -2.35. The summed E-state index contributed by atoms with van der Waals surface area (Å²) in [6.07, 6.45) is 1.33. The van der Waals surface area contributed by atoms with Gasteiger partial charge in [0.25, 0.3) is 5.91 Å². The van der Waals surface area contributed by atoms with Gasteiger partial charge in [-0.3, -0.25) is 10.1 Å². The molecule has 3 aromatic carbocycles. The lowest BCUT2D eigenvalue weighted by Gasteiger charge is -2.25. The largest absolute Gasteiger partial charge is 0.478 e. The maximum atomic E-state index is 12.7. The molecule has 3 aromatic rings. The number of carboxylic acids is 1. The van der Waals surface area contributed by atoms with E-state index in [1.54, 1.807) is 35.2 Å². The van der Waals surface area contributed by atoms with Crippen LogP contribution in [-0.2, 0) is 9.53 Å². The number of hydrogen-bond acceptors (Lipinski definition) is 4. The van der Waals surface area contributed by atoms with Gasteiger partial charge in [-0.1, -0.05) is 54.6 Å². The van der Waals surface area contributed by atoms with Crippen LogP contribution in [0.4, 0.5) is 10.5 Å². The second-order valence-corrected chi connectivity index (χ2v) is 8.56. The van der Waals surface area contributed by atoms with Crippen LogP contribution in [0.5, 0.6) is 0 Å². The molecule has 0 bridgehead atoms. The zero-order chi connectivity index (χ0) is 24.4. The Kier molecular flexibility index (Phi) is 6.06. The molecule has 7 nitrogen and oxygen atoms in total. The minimum absolute atomic E-state index is 0.0200. The number of rotatable bonds is 5. The van der Waals surface area contributed by atoms with Gasteiger partial charge in [0, 0.05) is 35.8 Å². The molecular formula is C28H24N2O5.